The van der Waals surface area contributed by atoms with Crippen molar-refractivity contribution in [2.45, 2.75) is 11.0 Å². The van der Waals surface area contributed by atoms with Crippen LogP contribution in [0.25, 0.3) is 0 Å². The standard InChI is InChI=1S/C15H12Cl2N2O4S/c16-9-5-6-10(17)14(7-9)24(21,22)19-8-13(15(18)20)23-12-4-2-1-3-11(12)19/h1-7,13H,8H2,(H2,18,20). The summed E-state index contributed by atoms with van der Waals surface area (Å²) in [5.41, 5.74) is 5.59. The SMILES string of the molecule is NC(=O)C1CN(S(=O)(=O)c2cc(Cl)ccc2Cl)c2ccccc2O1. The lowest BCUT2D eigenvalue weighted by Crippen LogP contribution is -2.49. The molecule has 2 aromatic carbocycles. The molecule has 0 fully saturated rings. The largest absolute Gasteiger partial charge is 0.476 e. The van der Waals surface area contributed by atoms with E-state index in [-0.39, 0.29) is 27.2 Å². The molecule has 0 saturated carbocycles. The second kappa shape index (κ2) is 6.16. The first-order valence-electron chi connectivity index (χ1n) is 6.83. The van der Waals surface area contributed by atoms with E-state index in [1.54, 1.807) is 24.3 Å². The molecule has 2 N–H and O–H groups in total. The van der Waals surface area contributed by atoms with E-state index in [4.69, 9.17) is 33.7 Å². The van der Waals surface area contributed by atoms with E-state index in [1.807, 2.05) is 0 Å². The van der Waals surface area contributed by atoms with Crippen LogP contribution in [0.1, 0.15) is 0 Å². The number of rotatable bonds is 3. The molecule has 1 aliphatic heterocycles. The summed E-state index contributed by atoms with van der Waals surface area (Å²) in [6, 6.07) is 10.6. The van der Waals surface area contributed by atoms with Gasteiger partial charge >= 0.3 is 0 Å². The summed E-state index contributed by atoms with van der Waals surface area (Å²) in [6.07, 6.45) is -1.10. The van der Waals surface area contributed by atoms with Gasteiger partial charge in [-0.3, -0.25) is 9.10 Å². The molecular formula is C15H12Cl2N2O4S. The number of halogens is 2. The minimum absolute atomic E-state index is 0.0268. The van der Waals surface area contributed by atoms with Crippen molar-refractivity contribution >= 4 is 44.8 Å². The average molecular weight is 387 g/mol. The third-order valence-electron chi connectivity index (χ3n) is 3.51. The zero-order valence-electron chi connectivity index (χ0n) is 12.1. The van der Waals surface area contributed by atoms with Crippen molar-refractivity contribution < 1.29 is 17.9 Å². The van der Waals surface area contributed by atoms with Gasteiger partial charge in [-0.15, -0.1) is 0 Å². The number of ether oxygens (including phenoxy) is 1. The van der Waals surface area contributed by atoms with Crippen LogP contribution in [-0.2, 0) is 14.8 Å². The van der Waals surface area contributed by atoms with Crippen LogP contribution < -0.4 is 14.8 Å². The van der Waals surface area contributed by atoms with E-state index in [1.165, 1.54) is 18.2 Å². The zero-order chi connectivity index (χ0) is 17.5. The number of para-hydroxylation sites is 2. The summed E-state index contributed by atoms with van der Waals surface area (Å²) < 4.78 is 32.7. The Balaban J connectivity index is 2.16. The number of sulfonamides is 1. The van der Waals surface area contributed by atoms with Gasteiger partial charge in [-0.2, -0.15) is 0 Å². The van der Waals surface area contributed by atoms with Crippen molar-refractivity contribution in [1.29, 1.82) is 0 Å². The van der Waals surface area contributed by atoms with Gasteiger partial charge in [0.05, 0.1) is 17.3 Å². The minimum Gasteiger partial charge on any atom is -0.476 e. The molecule has 0 bridgehead atoms. The number of benzene rings is 2. The molecule has 0 aromatic heterocycles. The van der Waals surface area contributed by atoms with Gasteiger partial charge in [0.25, 0.3) is 15.9 Å². The Morgan fingerprint density at radius 1 is 1.21 bits per heavy atom. The van der Waals surface area contributed by atoms with E-state index in [2.05, 4.69) is 0 Å². The van der Waals surface area contributed by atoms with Crippen LogP contribution in [-0.4, -0.2) is 27.0 Å². The van der Waals surface area contributed by atoms with Crippen molar-refractivity contribution in [2.24, 2.45) is 5.73 Å². The summed E-state index contributed by atoms with van der Waals surface area (Å²) in [4.78, 5) is 11.4. The number of nitrogens with two attached hydrogens (primary N) is 1. The van der Waals surface area contributed by atoms with Gasteiger partial charge in [0.2, 0.25) is 0 Å². The number of primary amides is 1. The summed E-state index contributed by atoms with van der Waals surface area (Å²) in [7, 11) is -4.07. The lowest BCUT2D eigenvalue weighted by Gasteiger charge is -2.34. The lowest BCUT2D eigenvalue weighted by molar-refractivity contribution is -0.124. The summed E-state index contributed by atoms with van der Waals surface area (Å²) in [5, 5.41) is 0.255. The van der Waals surface area contributed by atoms with Gasteiger partial charge in [-0.05, 0) is 30.3 Å². The highest BCUT2D eigenvalue weighted by Crippen LogP contribution is 2.38. The molecule has 6 nitrogen and oxygen atoms in total. The van der Waals surface area contributed by atoms with Crippen molar-refractivity contribution in [2.75, 3.05) is 10.8 Å². The minimum atomic E-state index is -4.07. The Hall–Kier alpha value is -1.96. The third kappa shape index (κ3) is 2.90. The summed E-state index contributed by atoms with van der Waals surface area (Å²) in [5.74, 6) is -0.517. The molecule has 3 rings (SSSR count). The van der Waals surface area contributed by atoms with Gasteiger partial charge in [-0.1, -0.05) is 35.3 Å². The maximum absolute atomic E-state index is 13.1. The Bertz CT molecular complexity index is 917. The van der Waals surface area contributed by atoms with E-state index in [0.717, 1.165) is 4.31 Å². The van der Waals surface area contributed by atoms with Gasteiger partial charge in [-0.25, -0.2) is 8.42 Å². The molecule has 1 atom stereocenters. The van der Waals surface area contributed by atoms with E-state index in [9.17, 15) is 13.2 Å². The fourth-order valence-electron chi connectivity index (χ4n) is 2.37. The molecule has 1 amide bonds. The molecule has 0 radical (unpaired) electrons. The molecule has 24 heavy (non-hydrogen) atoms. The predicted molar refractivity (Wildman–Crippen MR) is 91.0 cm³/mol. The predicted octanol–water partition coefficient (Wildman–Crippen LogP) is 2.44. The highest BCUT2D eigenvalue weighted by Gasteiger charge is 2.37. The number of fused-ring (bicyclic) bond motifs is 1. The van der Waals surface area contributed by atoms with Crippen molar-refractivity contribution in [1.82, 2.24) is 0 Å². The first-order chi connectivity index (χ1) is 11.3. The highest BCUT2D eigenvalue weighted by molar-refractivity contribution is 7.93. The van der Waals surface area contributed by atoms with E-state index in [0.29, 0.717) is 5.69 Å². The zero-order valence-corrected chi connectivity index (χ0v) is 14.5. The number of carbonyl (C=O) groups excluding carboxylic acids is 1. The van der Waals surface area contributed by atoms with Crippen LogP contribution in [0.5, 0.6) is 5.75 Å². The van der Waals surface area contributed by atoms with Crippen LogP contribution in [0.3, 0.4) is 0 Å². The van der Waals surface area contributed by atoms with Gasteiger partial charge < -0.3 is 10.5 Å². The first kappa shape index (κ1) is 16.9. The normalized spacial score (nSPS) is 17.1. The molecule has 0 saturated heterocycles. The quantitative estimate of drug-likeness (QED) is 0.876. The number of carbonyl (C=O) groups is 1. The third-order valence-corrected chi connectivity index (χ3v) is 6.01. The molecule has 126 valence electrons. The van der Waals surface area contributed by atoms with Crippen LogP contribution >= 0.6 is 23.2 Å². The topological polar surface area (TPSA) is 89.7 Å². The molecule has 1 aliphatic rings. The first-order valence-corrected chi connectivity index (χ1v) is 9.03. The molecule has 0 spiro atoms. The maximum Gasteiger partial charge on any atom is 0.266 e. The van der Waals surface area contributed by atoms with Crippen molar-refractivity contribution in [3.05, 3.63) is 52.5 Å². The van der Waals surface area contributed by atoms with Gasteiger partial charge in [0.15, 0.2) is 6.10 Å². The molecule has 1 unspecified atom stereocenters. The monoisotopic (exact) mass is 386 g/mol. The molecule has 0 aliphatic carbocycles. The fourth-order valence-corrected chi connectivity index (χ4v) is 4.59. The maximum atomic E-state index is 13.1. The average Bonchev–Trinajstić information content (AvgIpc) is 2.55. The van der Waals surface area contributed by atoms with E-state index < -0.39 is 22.0 Å². The smallest absolute Gasteiger partial charge is 0.266 e. The number of amides is 1. The Morgan fingerprint density at radius 2 is 1.92 bits per heavy atom. The van der Waals surface area contributed by atoms with Gasteiger partial charge in [0, 0.05) is 5.02 Å². The van der Waals surface area contributed by atoms with Crippen molar-refractivity contribution in [3.63, 3.8) is 0 Å². The Kier molecular flexibility index (Phi) is 4.33. The molecule has 1 heterocycles. The van der Waals surface area contributed by atoms with Gasteiger partial charge in [0.1, 0.15) is 10.6 Å². The Labute approximate surface area is 148 Å². The number of hydrogen-bond donors (Lipinski definition) is 1. The summed E-state index contributed by atoms with van der Waals surface area (Å²) in [6.45, 7) is -0.252. The van der Waals surface area contributed by atoms with Crippen molar-refractivity contribution in [3.8, 4) is 5.75 Å². The fraction of sp³-hybridized carbons (Fsp3) is 0.133. The highest BCUT2D eigenvalue weighted by atomic mass is 35.5. The summed E-state index contributed by atoms with van der Waals surface area (Å²) >= 11 is 11.9. The van der Waals surface area contributed by atoms with E-state index >= 15 is 0 Å². The van der Waals surface area contributed by atoms with Crippen LogP contribution in [0, 0.1) is 0 Å². The molecule has 9 heteroatoms. The number of hydrogen-bond acceptors (Lipinski definition) is 4. The number of anilines is 1. The van der Waals surface area contributed by atoms with Crippen LogP contribution in [0.2, 0.25) is 10.0 Å². The van der Waals surface area contributed by atoms with Crippen LogP contribution in [0.4, 0.5) is 5.69 Å². The second-order valence-corrected chi connectivity index (χ2v) is 7.76. The number of nitrogens with zero attached hydrogens (tertiary/aromatic N) is 1. The van der Waals surface area contributed by atoms with Crippen LogP contribution in [0.15, 0.2) is 47.4 Å². The second-order valence-electron chi connectivity index (χ2n) is 5.09. The lowest BCUT2D eigenvalue weighted by atomic mass is 10.2. The molecule has 2 aromatic rings. The Morgan fingerprint density at radius 3 is 2.62 bits per heavy atom. The molecular weight excluding hydrogens is 375 g/mol.